The quantitative estimate of drug-likeness (QED) is 0.836. The van der Waals surface area contributed by atoms with E-state index in [1.807, 2.05) is 4.90 Å². The minimum absolute atomic E-state index is 0. The van der Waals surface area contributed by atoms with E-state index in [1.54, 1.807) is 7.11 Å². The maximum Gasteiger partial charge on any atom is 0.239 e. The molecule has 0 radical (unpaired) electrons. The first kappa shape index (κ1) is 16.7. The van der Waals surface area contributed by atoms with E-state index >= 15 is 0 Å². The van der Waals surface area contributed by atoms with Crippen LogP contribution in [0.3, 0.4) is 0 Å². The number of halogens is 1. The van der Waals surface area contributed by atoms with Gasteiger partial charge in [-0.1, -0.05) is 0 Å². The summed E-state index contributed by atoms with van der Waals surface area (Å²) < 4.78 is 10.7. The minimum atomic E-state index is -0.371. The highest BCUT2D eigenvalue weighted by Crippen LogP contribution is 2.21. The molecule has 0 spiro atoms. The first-order valence-electron chi connectivity index (χ1n) is 6.87. The van der Waals surface area contributed by atoms with Crippen LogP contribution in [0.15, 0.2) is 0 Å². The topological polar surface area (TPSA) is 64.8 Å². The Morgan fingerprint density at radius 2 is 2.05 bits per heavy atom. The second kappa shape index (κ2) is 8.04. The van der Waals surface area contributed by atoms with Gasteiger partial charge in [0.2, 0.25) is 5.91 Å². The average Bonchev–Trinajstić information content (AvgIpc) is 2.46. The summed E-state index contributed by atoms with van der Waals surface area (Å²) in [6.07, 6.45) is 4.00. The maximum atomic E-state index is 12.4. The highest BCUT2D eigenvalue weighted by atomic mass is 35.5. The van der Waals surface area contributed by atoms with Gasteiger partial charge in [0.1, 0.15) is 0 Å². The SMILES string of the molecule is COC1CCCN(C(=O)C(N)C2CCOCC2)C1.Cl. The van der Waals surface area contributed by atoms with Gasteiger partial charge in [0.15, 0.2) is 0 Å². The number of nitrogens with two attached hydrogens (primary N) is 1. The molecule has 2 aliphatic heterocycles. The van der Waals surface area contributed by atoms with E-state index in [0.29, 0.717) is 6.54 Å². The Balaban J connectivity index is 0.00000180. The predicted molar refractivity (Wildman–Crippen MR) is 75.4 cm³/mol. The predicted octanol–water partition coefficient (Wildman–Crippen LogP) is 0.800. The zero-order valence-electron chi connectivity index (χ0n) is 11.5. The Morgan fingerprint density at radius 3 is 2.68 bits per heavy atom. The van der Waals surface area contributed by atoms with Gasteiger partial charge in [0, 0.05) is 33.4 Å². The number of piperidine rings is 1. The summed E-state index contributed by atoms with van der Waals surface area (Å²) in [5.41, 5.74) is 6.12. The van der Waals surface area contributed by atoms with Gasteiger partial charge in [-0.2, -0.15) is 0 Å². The van der Waals surface area contributed by atoms with Crippen molar-refractivity contribution in [1.82, 2.24) is 4.90 Å². The number of nitrogens with zero attached hydrogens (tertiary/aromatic N) is 1. The summed E-state index contributed by atoms with van der Waals surface area (Å²) in [4.78, 5) is 14.2. The summed E-state index contributed by atoms with van der Waals surface area (Å²) in [5, 5.41) is 0. The van der Waals surface area contributed by atoms with Crippen LogP contribution in [0.2, 0.25) is 0 Å². The number of methoxy groups -OCH3 is 1. The molecule has 2 saturated heterocycles. The molecular weight excluding hydrogens is 268 g/mol. The fourth-order valence-electron chi connectivity index (χ4n) is 2.82. The molecule has 6 heteroatoms. The largest absolute Gasteiger partial charge is 0.381 e. The molecule has 2 atom stereocenters. The van der Waals surface area contributed by atoms with E-state index in [1.165, 1.54) is 0 Å². The van der Waals surface area contributed by atoms with E-state index in [-0.39, 0.29) is 36.4 Å². The molecule has 2 rings (SSSR count). The lowest BCUT2D eigenvalue weighted by Gasteiger charge is -2.36. The summed E-state index contributed by atoms with van der Waals surface area (Å²) in [5.74, 6) is 0.359. The van der Waals surface area contributed by atoms with Crippen LogP contribution in [0.5, 0.6) is 0 Å². The van der Waals surface area contributed by atoms with Crippen molar-refractivity contribution in [2.45, 2.75) is 37.8 Å². The molecule has 0 aliphatic carbocycles. The summed E-state index contributed by atoms with van der Waals surface area (Å²) in [7, 11) is 1.71. The number of hydrogen-bond acceptors (Lipinski definition) is 4. The number of amides is 1. The third-order valence-corrected chi connectivity index (χ3v) is 4.08. The smallest absolute Gasteiger partial charge is 0.239 e. The van der Waals surface area contributed by atoms with Crippen molar-refractivity contribution >= 4 is 18.3 Å². The third kappa shape index (κ3) is 4.31. The molecule has 1 amide bonds. The standard InChI is InChI=1S/C13H24N2O3.ClH/c1-17-11-3-2-6-15(9-11)13(16)12(14)10-4-7-18-8-5-10;/h10-12H,2-9,14H2,1H3;1H. The van der Waals surface area contributed by atoms with Crippen molar-refractivity contribution in [3.05, 3.63) is 0 Å². The van der Waals surface area contributed by atoms with Gasteiger partial charge in [0.05, 0.1) is 12.1 Å². The Labute approximate surface area is 121 Å². The Morgan fingerprint density at radius 1 is 1.37 bits per heavy atom. The molecule has 19 heavy (non-hydrogen) atoms. The monoisotopic (exact) mass is 292 g/mol. The van der Waals surface area contributed by atoms with E-state index < -0.39 is 0 Å². The van der Waals surface area contributed by atoms with Crippen molar-refractivity contribution < 1.29 is 14.3 Å². The Hall–Kier alpha value is -0.360. The van der Waals surface area contributed by atoms with E-state index in [0.717, 1.165) is 45.4 Å². The van der Waals surface area contributed by atoms with Crippen LogP contribution in [-0.2, 0) is 14.3 Å². The molecule has 2 aliphatic rings. The maximum absolute atomic E-state index is 12.4. The number of likely N-dealkylation sites (tertiary alicyclic amines) is 1. The molecule has 2 heterocycles. The lowest BCUT2D eigenvalue weighted by atomic mass is 9.91. The molecule has 2 unspecified atom stereocenters. The second-order valence-corrected chi connectivity index (χ2v) is 5.26. The fraction of sp³-hybridized carbons (Fsp3) is 0.923. The van der Waals surface area contributed by atoms with Crippen LogP contribution in [0, 0.1) is 5.92 Å². The first-order valence-corrected chi connectivity index (χ1v) is 6.87. The van der Waals surface area contributed by atoms with Crippen molar-refractivity contribution in [2.24, 2.45) is 11.7 Å². The van der Waals surface area contributed by atoms with Gasteiger partial charge in [-0.05, 0) is 31.6 Å². The molecule has 0 aromatic heterocycles. The van der Waals surface area contributed by atoms with Crippen LogP contribution in [0.4, 0.5) is 0 Å². The molecular formula is C13H25ClN2O3. The van der Waals surface area contributed by atoms with E-state index in [2.05, 4.69) is 0 Å². The lowest BCUT2D eigenvalue weighted by Crippen LogP contribution is -2.52. The number of carbonyl (C=O) groups is 1. The summed E-state index contributed by atoms with van der Waals surface area (Å²) >= 11 is 0. The lowest BCUT2D eigenvalue weighted by molar-refractivity contribution is -0.138. The molecule has 0 aromatic rings. The van der Waals surface area contributed by atoms with Crippen LogP contribution >= 0.6 is 12.4 Å². The minimum Gasteiger partial charge on any atom is -0.381 e. The molecule has 112 valence electrons. The highest BCUT2D eigenvalue weighted by molar-refractivity contribution is 5.85. The Bertz CT molecular complexity index is 281. The van der Waals surface area contributed by atoms with Crippen molar-refractivity contribution in [1.29, 1.82) is 0 Å². The zero-order valence-corrected chi connectivity index (χ0v) is 12.4. The summed E-state index contributed by atoms with van der Waals surface area (Å²) in [6.45, 7) is 2.96. The van der Waals surface area contributed by atoms with Crippen LogP contribution in [0.1, 0.15) is 25.7 Å². The molecule has 2 fully saturated rings. The summed E-state index contributed by atoms with van der Waals surface area (Å²) in [6, 6.07) is -0.371. The van der Waals surface area contributed by atoms with Gasteiger partial charge in [0.25, 0.3) is 0 Å². The molecule has 0 bridgehead atoms. The van der Waals surface area contributed by atoms with Crippen molar-refractivity contribution in [3.8, 4) is 0 Å². The highest BCUT2D eigenvalue weighted by Gasteiger charge is 2.32. The number of carbonyl (C=O) groups excluding carboxylic acids is 1. The number of ether oxygens (including phenoxy) is 2. The van der Waals surface area contributed by atoms with Crippen LogP contribution in [-0.4, -0.2) is 56.4 Å². The van der Waals surface area contributed by atoms with Gasteiger partial charge in [-0.15, -0.1) is 12.4 Å². The Kier molecular flexibility index (Phi) is 7.07. The average molecular weight is 293 g/mol. The van der Waals surface area contributed by atoms with Gasteiger partial charge in [-0.25, -0.2) is 0 Å². The van der Waals surface area contributed by atoms with E-state index in [9.17, 15) is 4.79 Å². The zero-order chi connectivity index (χ0) is 13.0. The van der Waals surface area contributed by atoms with Crippen LogP contribution < -0.4 is 5.73 Å². The van der Waals surface area contributed by atoms with Crippen LogP contribution in [0.25, 0.3) is 0 Å². The van der Waals surface area contributed by atoms with Gasteiger partial charge >= 0.3 is 0 Å². The molecule has 5 nitrogen and oxygen atoms in total. The van der Waals surface area contributed by atoms with Crippen molar-refractivity contribution in [3.63, 3.8) is 0 Å². The second-order valence-electron chi connectivity index (χ2n) is 5.26. The molecule has 0 aromatic carbocycles. The molecule has 2 N–H and O–H groups in total. The van der Waals surface area contributed by atoms with E-state index in [4.69, 9.17) is 15.2 Å². The van der Waals surface area contributed by atoms with Gasteiger partial charge in [-0.3, -0.25) is 4.79 Å². The van der Waals surface area contributed by atoms with Crippen molar-refractivity contribution in [2.75, 3.05) is 33.4 Å². The van der Waals surface area contributed by atoms with Gasteiger partial charge < -0.3 is 20.1 Å². The number of rotatable bonds is 3. The molecule has 0 saturated carbocycles. The first-order chi connectivity index (χ1) is 8.72. The normalized spacial score (nSPS) is 26.6. The fourth-order valence-corrected chi connectivity index (χ4v) is 2.82. The third-order valence-electron chi connectivity index (χ3n) is 4.08. The number of hydrogen-bond donors (Lipinski definition) is 1.